The zero-order valence-electron chi connectivity index (χ0n) is 15.2. The van der Waals surface area contributed by atoms with Crippen molar-refractivity contribution in [2.24, 2.45) is 5.41 Å². The molecular weight excluding hydrogens is 332 g/mol. The van der Waals surface area contributed by atoms with Crippen LogP contribution < -0.4 is 0 Å². The van der Waals surface area contributed by atoms with Crippen molar-refractivity contribution in [1.29, 1.82) is 0 Å². The lowest BCUT2D eigenvalue weighted by atomic mass is 9.68. The lowest BCUT2D eigenvalue weighted by Gasteiger charge is -2.51. The number of furan rings is 1. The van der Waals surface area contributed by atoms with Gasteiger partial charge in [0.25, 0.3) is 5.91 Å². The number of piperidine rings is 2. The van der Waals surface area contributed by atoms with Gasteiger partial charge in [-0.15, -0.1) is 0 Å². The van der Waals surface area contributed by atoms with Crippen LogP contribution in [0.25, 0.3) is 11.0 Å². The molecule has 6 heteroatoms. The molecule has 0 spiro atoms. The zero-order valence-corrected chi connectivity index (χ0v) is 15.2. The highest BCUT2D eigenvalue weighted by atomic mass is 16.4. The minimum atomic E-state index is -0.739. The molecule has 1 N–H and O–H groups in total. The van der Waals surface area contributed by atoms with Gasteiger partial charge in [-0.05, 0) is 51.9 Å². The maximum Gasteiger partial charge on any atom is 0.311 e. The largest absolute Gasteiger partial charge is 0.481 e. The van der Waals surface area contributed by atoms with E-state index in [1.54, 1.807) is 11.0 Å². The van der Waals surface area contributed by atoms with Gasteiger partial charge in [0.2, 0.25) is 0 Å². The molecule has 2 saturated heterocycles. The Morgan fingerprint density at radius 3 is 2.85 bits per heavy atom. The number of nitrogens with zero attached hydrogens (tertiary/aromatic N) is 2. The van der Waals surface area contributed by atoms with Gasteiger partial charge in [-0.25, -0.2) is 0 Å². The Kier molecular flexibility index (Phi) is 4.03. The number of hydrogen-bond acceptors (Lipinski definition) is 4. The zero-order chi connectivity index (χ0) is 18.5. The number of para-hydroxylation sites is 1. The molecule has 1 amide bonds. The van der Waals surface area contributed by atoms with E-state index >= 15 is 0 Å². The van der Waals surface area contributed by atoms with Crippen molar-refractivity contribution in [2.75, 3.05) is 26.7 Å². The topological polar surface area (TPSA) is 74.0 Å². The lowest BCUT2D eigenvalue weighted by Crippen LogP contribution is -2.63. The second-order valence-electron chi connectivity index (χ2n) is 7.64. The molecule has 0 saturated carbocycles. The smallest absolute Gasteiger partial charge is 0.311 e. The molecule has 1 aromatic heterocycles. The Hall–Kier alpha value is -2.34. The lowest BCUT2D eigenvalue weighted by molar-refractivity contribution is -0.161. The molecule has 0 bridgehead atoms. The molecule has 1 aromatic carbocycles. The molecule has 26 heavy (non-hydrogen) atoms. The predicted molar refractivity (Wildman–Crippen MR) is 97.2 cm³/mol. The van der Waals surface area contributed by atoms with Crippen molar-refractivity contribution in [3.63, 3.8) is 0 Å². The van der Waals surface area contributed by atoms with Crippen LogP contribution in [-0.2, 0) is 4.79 Å². The molecule has 0 unspecified atom stereocenters. The third-order valence-electron chi connectivity index (χ3n) is 6.14. The van der Waals surface area contributed by atoms with Crippen LogP contribution in [0.1, 0.15) is 35.4 Å². The van der Waals surface area contributed by atoms with Crippen LogP contribution in [0.5, 0.6) is 0 Å². The average molecular weight is 356 g/mol. The summed E-state index contributed by atoms with van der Waals surface area (Å²) in [5.74, 6) is -0.0383. The third-order valence-corrected chi connectivity index (χ3v) is 6.14. The van der Waals surface area contributed by atoms with E-state index in [0.717, 1.165) is 24.1 Å². The standard InChI is InChI=1S/C20H24N2O4/c1-13-11-14-5-3-6-15(17(14)26-13)18(23)22-10-8-20(19(24)25)7-4-9-21(2)16(20)12-22/h3,5-6,11,16H,4,7-10,12H2,1-2H3,(H,24,25)/t16-,20+/m1/s1. The molecule has 2 fully saturated rings. The Bertz CT molecular complexity index is 874. The summed E-state index contributed by atoms with van der Waals surface area (Å²) in [4.78, 5) is 29.1. The van der Waals surface area contributed by atoms with Crippen LogP contribution in [0.2, 0.25) is 0 Å². The second-order valence-corrected chi connectivity index (χ2v) is 7.64. The summed E-state index contributed by atoms with van der Waals surface area (Å²) in [6, 6.07) is 7.36. The summed E-state index contributed by atoms with van der Waals surface area (Å²) in [6.45, 7) is 3.64. The molecule has 2 aliphatic heterocycles. The van der Waals surface area contributed by atoms with Crippen molar-refractivity contribution in [1.82, 2.24) is 9.80 Å². The maximum atomic E-state index is 13.2. The SMILES string of the molecule is Cc1cc2cccc(C(=O)N3CC[C@@]4(C(=O)O)CCCN(C)[C@@H]4C3)c2o1. The number of fused-ring (bicyclic) bond motifs is 2. The van der Waals surface area contributed by atoms with Crippen LogP contribution in [0, 0.1) is 12.3 Å². The van der Waals surface area contributed by atoms with Crippen molar-refractivity contribution in [3.05, 3.63) is 35.6 Å². The molecule has 4 rings (SSSR count). The van der Waals surface area contributed by atoms with Crippen LogP contribution in [0.3, 0.4) is 0 Å². The van der Waals surface area contributed by atoms with E-state index in [1.165, 1.54) is 0 Å². The number of carboxylic acids is 1. The van der Waals surface area contributed by atoms with Gasteiger partial charge < -0.3 is 19.3 Å². The number of benzene rings is 1. The Balaban J connectivity index is 1.65. The van der Waals surface area contributed by atoms with Crippen molar-refractivity contribution >= 4 is 22.8 Å². The number of aryl methyl sites for hydroxylation is 1. The normalized spacial score (nSPS) is 26.7. The monoisotopic (exact) mass is 356 g/mol. The fourth-order valence-corrected chi connectivity index (χ4v) is 4.70. The van der Waals surface area contributed by atoms with Gasteiger partial charge in [0.15, 0.2) is 0 Å². The molecule has 2 aliphatic rings. The second kappa shape index (κ2) is 6.13. The number of amides is 1. The molecule has 0 radical (unpaired) electrons. The van der Waals surface area contributed by atoms with Crippen LogP contribution in [0.15, 0.2) is 28.7 Å². The number of rotatable bonds is 2. The van der Waals surface area contributed by atoms with Gasteiger partial charge >= 0.3 is 5.97 Å². The number of hydrogen-bond donors (Lipinski definition) is 1. The minimum absolute atomic E-state index is 0.0806. The van der Waals surface area contributed by atoms with Gasteiger partial charge in [-0.1, -0.05) is 12.1 Å². The van der Waals surface area contributed by atoms with E-state index in [-0.39, 0.29) is 11.9 Å². The Labute approximate surface area is 152 Å². The number of carboxylic acid groups (broad SMARTS) is 1. The number of carbonyl (C=O) groups excluding carboxylic acids is 1. The Morgan fingerprint density at radius 1 is 1.27 bits per heavy atom. The van der Waals surface area contributed by atoms with E-state index in [9.17, 15) is 14.7 Å². The van der Waals surface area contributed by atoms with Crippen molar-refractivity contribution in [3.8, 4) is 0 Å². The summed E-state index contributed by atoms with van der Waals surface area (Å²) in [5, 5.41) is 10.8. The van der Waals surface area contributed by atoms with Gasteiger partial charge in [0.05, 0.1) is 11.0 Å². The molecule has 2 atom stereocenters. The number of aliphatic carboxylic acids is 1. The third kappa shape index (κ3) is 2.51. The number of likely N-dealkylation sites (N-methyl/N-ethyl adjacent to an activating group) is 1. The summed E-state index contributed by atoms with van der Waals surface area (Å²) < 4.78 is 5.74. The summed E-state index contributed by atoms with van der Waals surface area (Å²) in [7, 11) is 1.96. The maximum absolute atomic E-state index is 13.2. The molecule has 0 aliphatic carbocycles. The van der Waals surface area contributed by atoms with E-state index in [0.29, 0.717) is 37.1 Å². The number of carbonyl (C=O) groups is 2. The van der Waals surface area contributed by atoms with Crippen molar-refractivity contribution < 1.29 is 19.1 Å². The summed E-state index contributed by atoms with van der Waals surface area (Å²) >= 11 is 0. The first-order chi connectivity index (χ1) is 12.4. The minimum Gasteiger partial charge on any atom is -0.481 e. The molecule has 2 aromatic rings. The molecule has 6 nitrogen and oxygen atoms in total. The quantitative estimate of drug-likeness (QED) is 0.896. The van der Waals surface area contributed by atoms with Crippen LogP contribution >= 0.6 is 0 Å². The molecular formula is C20H24N2O4. The first-order valence-corrected chi connectivity index (χ1v) is 9.14. The van der Waals surface area contributed by atoms with Gasteiger partial charge in [-0.3, -0.25) is 9.59 Å². The summed E-state index contributed by atoms with van der Waals surface area (Å²) in [6.07, 6.45) is 2.07. The van der Waals surface area contributed by atoms with E-state index < -0.39 is 11.4 Å². The number of likely N-dealkylation sites (tertiary alicyclic amines) is 2. The fraction of sp³-hybridized carbons (Fsp3) is 0.500. The van der Waals surface area contributed by atoms with E-state index in [1.807, 2.05) is 32.2 Å². The van der Waals surface area contributed by atoms with E-state index in [4.69, 9.17) is 4.42 Å². The van der Waals surface area contributed by atoms with Gasteiger partial charge in [-0.2, -0.15) is 0 Å². The van der Waals surface area contributed by atoms with Crippen LogP contribution in [0.4, 0.5) is 0 Å². The van der Waals surface area contributed by atoms with Gasteiger partial charge in [0.1, 0.15) is 11.3 Å². The highest BCUT2D eigenvalue weighted by Crippen LogP contribution is 2.42. The average Bonchev–Trinajstić information content (AvgIpc) is 3.01. The van der Waals surface area contributed by atoms with E-state index in [2.05, 4.69) is 4.90 Å². The summed E-state index contributed by atoms with van der Waals surface area (Å²) in [5.41, 5.74) is 0.427. The first kappa shape index (κ1) is 17.1. The Morgan fingerprint density at radius 2 is 2.08 bits per heavy atom. The molecule has 3 heterocycles. The molecule has 138 valence electrons. The van der Waals surface area contributed by atoms with Crippen molar-refractivity contribution in [2.45, 2.75) is 32.2 Å². The highest BCUT2D eigenvalue weighted by Gasteiger charge is 2.52. The highest BCUT2D eigenvalue weighted by molar-refractivity contribution is 6.05. The predicted octanol–water partition coefficient (Wildman–Crippen LogP) is 2.75. The first-order valence-electron chi connectivity index (χ1n) is 9.14. The van der Waals surface area contributed by atoms with Crippen LogP contribution in [-0.4, -0.2) is 59.5 Å². The van der Waals surface area contributed by atoms with Gasteiger partial charge in [0, 0.05) is 24.5 Å². The fourth-order valence-electron chi connectivity index (χ4n) is 4.70.